The van der Waals surface area contributed by atoms with E-state index in [-0.39, 0.29) is 30.6 Å². The second kappa shape index (κ2) is 8.03. The van der Waals surface area contributed by atoms with Crippen molar-refractivity contribution < 1.29 is 14.6 Å². The van der Waals surface area contributed by atoms with Crippen LogP contribution in [-0.2, 0) is 6.42 Å². The Balaban J connectivity index is 1.55. The van der Waals surface area contributed by atoms with Crippen LogP contribution in [0.15, 0.2) is 54.6 Å². The standard InChI is InChI=1S/C20H24N2O3/c1-14(18-13-25-19-10-6-5-9-17(18)19)21-20(24)22-16(12-23)11-15-7-3-2-4-8-15/h2-10,14,16,18,23H,11-13H2,1H3,(H2,21,22,24)/t14-,16-,18+/m0/s1. The van der Waals surface area contributed by atoms with Gasteiger partial charge in [-0.25, -0.2) is 4.79 Å². The molecule has 5 heteroatoms. The molecule has 1 heterocycles. The van der Waals surface area contributed by atoms with Crippen molar-refractivity contribution in [3.63, 3.8) is 0 Å². The van der Waals surface area contributed by atoms with E-state index >= 15 is 0 Å². The van der Waals surface area contributed by atoms with E-state index in [9.17, 15) is 9.90 Å². The van der Waals surface area contributed by atoms with E-state index in [1.54, 1.807) is 0 Å². The fraction of sp³-hybridized carbons (Fsp3) is 0.350. The first kappa shape index (κ1) is 17.3. The van der Waals surface area contributed by atoms with Gasteiger partial charge in [-0.15, -0.1) is 0 Å². The first-order valence-electron chi connectivity index (χ1n) is 8.61. The Morgan fingerprint density at radius 1 is 1.16 bits per heavy atom. The zero-order valence-corrected chi connectivity index (χ0v) is 14.3. The summed E-state index contributed by atoms with van der Waals surface area (Å²) in [6.07, 6.45) is 0.592. The number of nitrogens with one attached hydrogen (secondary N) is 2. The molecule has 0 radical (unpaired) electrons. The second-order valence-electron chi connectivity index (χ2n) is 6.43. The fourth-order valence-electron chi connectivity index (χ4n) is 3.20. The molecule has 132 valence electrons. The number of hydrogen-bond donors (Lipinski definition) is 3. The summed E-state index contributed by atoms with van der Waals surface area (Å²) in [4.78, 5) is 12.3. The summed E-state index contributed by atoms with van der Waals surface area (Å²) in [5.41, 5.74) is 2.20. The van der Waals surface area contributed by atoms with Crippen LogP contribution in [0.3, 0.4) is 0 Å². The van der Waals surface area contributed by atoms with Crippen molar-refractivity contribution in [3.8, 4) is 5.75 Å². The predicted molar refractivity (Wildman–Crippen MR) is 96.8 cm³/mol. The van der Waals surface area contributed by atoms with Crippen molar-refractivity contribution in [1.29, 1.82) is 0 Å². The number of hydrogen-bond acceptors (Lipinski definition) is 3. The van der Waals surface area contributed by atoms with E-state index in [0.29, 0.717) is 13.0 Å². The zero-order chi connectivity index (χ0) is 17.6. The Bertz CT molecular complexity index is 705. The molecule has 0 unspecified atom stereocenters. The normalized spacial score (nSPS) is 17.9. The highest BCUT2D eigenvalue weighted by Crippen LogP contribution is 2.35. The summed E-state index contributed by atoms with van der Waals surface area (Å²) < 4.78 is 5.68. The van der Waals surface area contributed by atoms with E-state index in [4.69, 9.17) is 4.74 Å². The van der Waals surface area contributed by atoms with Crippen LogP contribution in [0.4, 0.5) is 4.79 Å². The molecule has 0 aliphatic carbocycles. The molecule has 0 bridgehead atoms. The summed E-state index contributed by atoms with van der Waals surface area (Å²) >= 11 is 0. The van der Waals surface area contributed by atoms with Crippen molar-refractivity contribution in [2.24, 2.45) is 0 Å². The number of amides is 2. The molecule has 2 aromatic carbocycles. The van der Waals surface area contributed by atoms with Crippen molar-refractivity contribution in [2.75, 3.05) is 13.2 Å². The predicted octanol–water partition coefficient (Wildman–Crippen LogP) is 2.45. The Morgan fingerprint density at radius 3 is 2.64 bits per heavy atom. The fourth-order valence-corrected chi connectivity index (χ4v) is 3.20. The van der Waals surface area contributed by atoms with Crippen molar-refractivity contribution in [3.05, 3.63) is 65.7 Å². The van der Waals surface area contributed by atoms with Crippen LogP contribution in [0.25, 0.3) is 0 Å². The minimum Gasteiger partial charge on any atom is -0.493 e. The number of benzene rings is 2. The maximum absolute atomic E-state index is 12.3. The Labute approximate surface area is 148 Å². The smallest absolute Gasteiger partial charge is 0.315 e. The van der Waals surface area contributed by atoms with E-state index < -0.39 is 0 Å². The SMILES string of the molecule is C[C@H](NC(=O)N[C@H](CO)Cc1ccccc1)[C@H]1COc2ccccc21. The molecule has 25 heavy (non-hydrogen) atoms. The molecule has 5 nitrogen and oxygen atoms in total. The van der Waals surface area contributed by atoms with Crippen LogP contribution in [0, 0.1) is 0 Å². The highest BCUT2D eigenvalue weighted by molar-refractivity contribution is 5.74. The summed E-state index contributed by atoms with van der Waals surface area (Å²) in [5.74, 6) is 1.02. The molecule has 0 fully saturated rings. The maximum Gasteiger partial charge on any atom is 0.315 e. The molecule has 0 saturated heterocycles. The van der Waals surface area contributed by atoms with Gasteiger partial charge >= 0.3 is 6.03 Å². The average molecular weight is 340 g/mol. The van der Waals surface area contributed by atoms with Gasteiger partial charge in [-0.05, 0) is 25.0 Å². The number of carbonyl (C=O) groups excluding carboxylic acids is 1. The minimum absolute atomic E-state index is 0.0697. The number of ether oxygens (including phenoxy) is 1. The van der Waals surface area contributed by atoms with E-state index in [0.717, 1.165) is 16.9 Å². The van der Waals surface area contributed by atoms with Crippen LogP contribution in [-0.4, -0.2) is 36.4 Å². The highest BCUT2D eigenvalue weighted by atomic mass is 16.5. The lowest BCUT2D eigenvalue weighted by molar-refractivity contribution is 0.211. The Morgan fingerprint density at radius 2 is 1.88 bits per heavy atom. The molecule has 3 rings (SSSR count). The zero-order valence-electron chi connectivity index (χ0n) is 14.3. The monoisotopic (exact) mass is 340 g/mol. The number of rotatable bonds is 6. The molecular formula is C20H24N2O3. The van der Waals surface area contributed by atoms with Gasteiger partial charge in [0, 0.05) is 17.5 Å². The Kier molecular flexibility index (Phi) is 5.56. The molecule has 0 aromatic heterocycles. The molecule has 0 spiro atoms. The van der Waals surface area contributed by atoms with Gasteiger partial charge in [-0.3, -0.25) is 0 Å². The molecule has 1 aliphatic rings. The van der Waals surface area contributed by atoms with Gasteiger partial charge in [0.05, 0.1) is 19.3 Å². The molecule has 3 atom stereocenters. The van der Waals surface area contributed by atoms with E-state index in [1.165, 1.54) is 0 Å². The minimum atomic E-state index is -0.318. The van der Waals surface area contributed by atoms with Gasteiger partial charge in [0.1, 0.15) is 5.75 Å². The third kappa shape index (κ3) is 4.31. The van der Waals surface area contributed by atoms with Crippen molar-refractivity contribution >= 4 is 6.03 Å². The molecular weight excluding hydrogens is 316 g/mol. The van der Waals surface area contributed by atoms with Gasteiger partial charge in [0.25, 0.3) is 0 Å². The van der Waals surface area contributed by atoms with Crippen LogP contribution >= 0.6 is 0 Å². The lowest BCUT2D eigenvalue weighted by atomic mass is 9.94. The molecule has 1 aliphatic heterocycles. The summed E-state index contributed by atoms with van der Waals surface area (Å²) in [5, 5.41) is 15.4. The Hall–Kier alpha value is -2.53. The third-order valence-corrected chi connectivity index (χ3v) is 4.58. The average Bonchev–Trinajstić information content (AvgIpc) is 3.06. The van der Waals surface area contributed by atoms with Crippen LogP contribution in [0.5, 0.6) is 5.75 Å². The number of fused-ring (bicyclic) bond motifs is 1. The first-order valence-corrected chi connectivity index (χ1v) is 8.61. The first-order chi connectivity index (χ1) is 12.2. The van der Waals surface area contributed by atoms with Crippen LogP contribution in [0.1, 0.15) is 24.0 Å². The summed E-state index contributed by atoms with van der Waals surface area (Å²) in [6.45, 7) is 2.43. The van der Waals surface area contributed by atoms with Crippen molar-refractivity contribution in [2.45, 2.75) is 31.3 Å². The quantitative estimate of drug-likeness (QED) is 0.756. The van der Waals surface area contributed by atoms with Crippen LogP contribution in [0.2, 0.25) is 0 Å². The number of urea groups is 1. The van der Waals surface area contributed by atoms with Gasteiger partial charge in [0.15, 0.2) is 0 Å². The summed E-state index contributed by atoms with van der Waals surface area (Å²) in [7, 11) is 0. The van der Waals surface area contributed by atoms with Crippen LogP contribution < -0.4 is 15.4 Å². The lowest BCUT2D eigenvalue weighted by Crippen LogP contribution is -2.49. The van der Waals surface area contributed by atoms with Gasteiger partial charge in [0.2, 0.25) is 0 Å². The second-order valence-corrected chi connectivity index (χ2v) is 6.43. The highest BCUT2D eigenvalue weighted by Gasteiger charge is 2.29. The third-order valence-electron chi connectivity index (χ3n) is 4.58. The largest absolute Gasteiger partial charge is 0.493 e. The van der Waals surface area contributed by atoms with Gasteiger partial charge in [-0.1, -0.05) is 48.5 Å². The van der Waals surface area contributed by atoms with Crippen molar-refractivity contribution in [1.82, 2.24) is 10.6 Å². The molecule has 3 N–H and O–H groups in total. The number of aliphatic hydroxyl groups excluding tert-OH is 1. The number of carbonyl (C=O) groups is 1. The summed E-state index contributed by atoms with van der Waals surface area (Å²) in [6, 6.07) is 17.1. The molecule has 2 aromatic rings. The van der Waals surface area contributed by atoms with E-state index in [2.05, 4.69) is 10.6 Å². The number of para-hydroxylation sites is 1. The molecule has 0 saturated carbocycles. The molecule has 2 amide bonds. The topological polar surface area (TPSA) is 70.6 Å². The maximum atomic E-state index is 12.3. The lowest BCUT2D eigenvalue weighted by Gasteiger charge is -2.23. The number of aliphatic hydroxyl groups is 1. The van der Waals surface area contributed by atoms with E-state index in [1.807, 2.05) is 61.5 Å². The van der Waals surface area contributed by atoms with Gasteiger partial charge < -0.3 is 20.5 Å². The van der Waals surface area contributed by atoms with Gasteiger partial charge in [-0.2, -0.15) is 0 Å².